The minimum atomic E-state index is -3.81. The number of rotatable bonds is 10. The molecule has 0 unspecified atom stereocenters. The van der Waals surface area contributed by atoms with E-state index in [1.54, 1.807) is 12.1 Å². The minimum absolute atomic E-state index is 0.0179. The van der Waals surface area contributed by atoms with Crippen LogP contribution in [0.5, 0.6) is 5.75 Å². The van der Waals surface area contributed by atoms with Gasteiger partial charge in [0.05, 0.1) is 13.2 Å². The van der Waals surface area contributed by atoms with Crippen molar-refractivity contribution in [1.82, 2.24) is 9.62 Å². The fraction of sp³-hybridized carbons (Fsp3) is 0.500. The summed E-state index contributed by atoms with van der Waals surface area (Å²) in [5, 5.41) is 14.0. The molecule has 0 aliphatic heterocycles. The summed E-state index contributed by atoms with van der Waals surface area (Å²) in [6, 6.07) is 13.4. The number of halogens is 1. The van der Waals surface area contributed by atoms with E-state index >= 15 is 0 Å². The average molecular weight is 526 g/mol. The molecule has 0 amide bonds. The molecule has 0 saturated carbocycles. The van der Waals surface area contributed by atoms with E-state index in [4.69, 9.17) is 4.74 Å². The molecule has 0 saturated heterocycles. The van der Waals surface area contributed by atoms with Gasteiger partial charge in [-0.25, -0.2) is 8.42 Å². The van der Waals surface area contributed by atoms with Crippen molar-refractivity contribution in [1.29, 1.82) is 0 Å². The Hall–Kier alpha value is -1.45. The summed E-state index contributed by atoms with van der Waals surface area (Å²) >= 11 is 3.31. The van der Waals surface area contributed by atoms with Gasteiger partial charge in [0.15, 0.2) is 0 Å². The van der Waals surface area contributed by atoms with Gasteiger partial charge in [-0.15, -0.1) is 0 Å². The zero-order valence-electron chi connectivity index (χ0n) is 19.1. The lowest BCUT2D eigenvalue weighted by Crippen LogP contribution is -2.47. The molecule has 0 heterocycles. The highest BCUT2D eigenvalue weighted by atomic mass is 79.9. The summed E-state index contributed by atoms with van der Waals surface area (Å²) in [4.78, 5) is 0.0677. The van der Waals surface area contributed by atoms with Gasteiger partial charge in [-0.05, 0) is 68.4 Å². The SMILES string of the molecule is COc1ccc(Br)cc1S(=O)(=O)N(C)C[C@H](O)CNC(C)(C)CC1Cc2ccccc2C1. The van der Waals surface area contributed by atoms with Crippen molar-refractivity contribution in [2.75, 3.05) is 27.2 Å². The third-order valence-electron chi connectivity index (χ3n) is 6.03. The van der Waals surface area contributed by atoms with Crippen molar-refractivity contribution in [2.24, 2.45) is 5.92 Å². The standard InChI is InChI=1S/C24H33BrN2O4S/c1-24(2,14-17-11-18-7-5-6-8-19(18)12-17)26-15-21(28)16-27(3)32(29,30)23-13-20(25)9-10-22(23)31-4/h5-10,13,17,21,26,28H,11-12,14-16H2,1-4H3/t21-/m1/s1. The highest BCUT2D eigenvalue weighted by Crippen LogP contribution is 2.32. The highest BCUT2D eigenvalue weighted by molar-refractivity contribution is 9.10. The maximum absolute atomic E-state index is 13.0. The molecule has 1 aliphatic rings. The summed E-state index contributed by atoms with van der Waals surface area (Å²) in [7, 11) is -0.903. The second-order valence-corrected chi connectivity index (χ2v) is 12.2. The van der Waals surface area contributed by atoms with E-state index in [0.717, 1.165) is 19.3 Å². The van der Waals surface area contributed by atoms with Gasteiger partial charge >= 0.3 is 0 Å². The number of methoxy groups -OCH3 is 1. The van der Waals surface area contributed by atoms with E-state index in [9.17, 15) is 13.5 Å². The summed E-state index contributed by atoms with van der Waals surface area (Å²) in [6.45, 7) is 4.56. The van der Waals surface area contributed by atoms with Crippen LogP contribution < -0.4 is 10.1 Å². The Morgan fingerprint density at radius 3 is 2.44 bits per heavy atom. The van der Waals surface area contributed by atoms with E-state index in [-0.39, 0.29) is 22.7 Å². The van der Waals surface area contributed by atoms with E-state index in [2.05, 4.69) is 59.4 Å². The van der Waals surface area contributed by atoms with Gasteiger partial charge in [0.1, 0.15) is 10.6 Å². The molecule has 176 valence electrons. The molecule has 6 nitrogen and oxygen atoms in total. The Labute approximate surface area is 200 Å². The molecular formula is C24H33BrN2O4S. The Kier molecular flexibility index (Phi) is 8.04. The van der Waals surface area contributed by atoms with Gasteiger partial charge in [0.2, 0.25) is 10.0 Å². The summed E-state index contributed by atoms with van der Waals surface area (Å²) < 4.78 is 33.1. The number of fused-ring (bicyclic) bond motifs is 1. The number of nitrogens with zero attached hydrogens (tertiary/aromatic N) is 1. The normalized spacial score (nSPS) is 15.7. The average Bonchev–Trinajstić information content (AvgIpc) is 3.13. The topological polar surface area (TPSA) is 78.9 Å². The Morgan fingerprint density at radius 2 is 1.84 bits per heavy atom. The number of likely N-dealkylation sites (N-methyl/N-ethyl adjacent to an activating group) is 1. The molecule has 2 N–H and O–H groups in total. The van der Waals surface area contributed by atoms with Crippen molar-refractivity contribution in [3.05, 3.63) is 58.1 Å². The number of β-amino-alcohol motifs (C(OH)–C–C–N with tert-alkyl or cyclic N) is 1. The van der Waals surface area contributed by atoms with Gasteiger partial charge in [0, 0.05) is 30.1 Å². The first-order chi connectivity index (χ1) is 15.0. The van der Waals surface area contributed by atoms with Crippen LogP contribution in [0.1, 0.15) is 31.4 Å². The summed E-state index contributed by atoms with van der Waals surface area (Å²) in [6.07, 6.45) is 2.31. The second kappa shape index (κ2) is 10.2. The lowest BCUT2D eigenvalue weighted by Gasteiger charge is -2.31. The molecule has 0 bridgehead atoms. The quantitative estimate of drug-likeness (QED) is 0.496. The number of hydrogen-bond acceptors (Lipinski definition) is 5. The van der Waals surface area contributed by atoms with Crippen LogP contribution in [0.15, 0.2) is 51.8 Å². The number of ether oxygens (including phenoxy) is 1. The zero-order valence-corrected chi connectivity index (χ0v) is 21.5. The third kappa shape index (κ3) is 6.11. The highest BCUT2D eigenvalue weighted by Gasteiger charge is 2.30. The molecule has 1 aliphatic carbocycles. The van der Waals surface area contributed by atoms with E-state index in [0.29, 0.717) is 16.9 Å². The molecular weight excluding hydrogens is 492 g/mol. The molecule has 2 aromatic rings. The first-order valence-electron chi connectivity index (χ1n) is 10.8. The first-order valence-corrected chi connectivity index (χ1v) is 13.0. The molecule has 3 rings (SSSR count). The fourth-order valence-electron chi connectivity index (χ4n) is 4.46. The first kappa shape index (κ1) is 25.2. The van der Waals surface area contributed by atoms with Crippen LogP contribution in [-0.2, 0) is 22.9 Å². The summed E-state index contributed by atoms with van der Waals surface area (Å²) in [5.41, 5.74) is 2.70. The van der Waals surface area contributed by atoms with E-state index in [1.807, 2.05) is 0 Å². The zero-order chi connectivity index (χ0) is 23.5. The molecule has 0 radical (unpaired) electrons. The van der Waals surface area contributed by atoms with Gasteiger partial charge in [-0.1, -0.05) is 40.2 Å². The minimum Gasteiger partial charge on any atom is -0.495 e. The number of aliphatic hydroxyl groups is 1. The van der Waals surface area contributed by atoms with E-state index < -0.39 is 16.1 Å². The number of benzene rings is 2. The maximum atomic E-state index is 13.0. The Morgan fingerprint density at radius 1 is 1.22 bits per heavy atom. The predicted octanol–water partition coefficient (Wildman–Crippen LogP) is 3.61. The molecule has 8 heteroatoms. The Bertz CT molecular complexity index is 1020. The maximum Gasteiger partial charge on any atom is 0.246 e. The van der Waals surface area contributed by atoms with Crippen LogP contribution in [-0.4, -0.2) is 56.7 Å². The Balaban J connectivity index is 1.55. The van der Waals surface area contributed by atoms with Crippen LogP contribution in [0.25, 0.3) is 0 Å². The molecule has 0 spiro atoms. The largest absolute Gasteiger partial charge is 0.495 e. The van der Waals surface area contributed by atoms with Gasteiger partial charge in [-0.2, -0.15) is 4.31 Å². The molecule has 0 aromatic heterocycles. The van der Waals surface area contributed by atoms with Crippen molar-refractivity contribution in [3.8, 4) is 5.75 Å². The van der Waals surface area contributed by atoms with Gasteiger partial charge < -0.3 is 15.2 Å². The monoisotopic (exact) mass is 524 g/mol. The van der Waals surface area contributed by atoms with E-state index in [1.165, 1.54) is 35.7 Å². The van der Waals surface area contributed by atoms with Crippen LogP contribution in [0.3, 0.4) is 0 Å². The molecule has 0 fully saturated rings. The van der Waals surface area contributed by atoms with Crippen LogP contribution >= 0.6 is 15.9 Å². The summed E-state index contributed by atoms with van der Waals surface area (Å²) in [5.74, 6) is 0.838. The number of aliphatic hydroxyl groups excluding tert-OH is 1. The van der Waals surface area contributed by atoms with Gasteiger partial charge in [-0.3, -0.25) is 0 Å². The van der Waals surface area contributed by atoms with Crippen molar-refractivity contribution < 1.29 is 18.3 Å². The lowest BCUT2D eigenvalue weighted by atomic mass is 9.88. The fourth-order valence-corrected chi connectivity index (χ4v) is 6.36. The number of nitrogens with one attached hydrogen (secondary N) is 1. The van der Waals surface area contributed by atoms with Crippen molar-refractivity contribution in [2.45, 2.75) is 49.6 Å². The molecule has 1 atom stereocenters. The van der Waals surface area contributed by atoms with Gasteiger partial charge in [0.25, 0.3) is 0 Å². The smallest absolute Gasteiger partial charge is 0.246 e. The molecule has 32 heavy (non-hydrogen) atoms. The molecule has 2 aromatic carbocycles. The van der Waals surface area contributed by atoms with Crippen molar-refractivity contribution in [3.63, 3.8) is 0 Å². The predicted molar refractivity (Wildman–Crippen MR) is 131 cm³/mol. The second-order valence-electron chi connectivity index (χ2n) is 9.25. The van der Waals surface area contributed by atoms with Crippen LogP contribution in [0.4, 0.5) is 0 Å². The number of sulfonamides is 1. The van der Waals surface area contributed by atoms with Crippen molar-refractivity contribution >= 4 is 26.0 Å². The van der Waals surface area contributed by atoms with Crippen LogP contribution in [0.2, 0.25) is 0 Å². The lowest BCUT2D eigenvalue weighted by molar-refractivity contribution is 0.135. The third-order valence-corrected chi connectivity index (χ3v) is 8.37. The number of hydrogen-bond donors (Lipinski definition) is 2. The van der Waals surface area contributed by atoms with Crippen LogP contribution in [0, 0.1) is 5.92 Å².